The van der Waals surface area contributed by atoms with Gasteiger partial charge in [-0.2, -0.15) is 0 Å². The first-order chi connectivity index (χ1) is 10.0. The average molecular weight is 325 g/mol. The summed E-state index contributed by atoms with van der Waals surface area (Å²) >= 11 is 2.62. The molecule has 0 radical (unpaired) electrons. The van der Waals surface area contributed by atoms with E-state index in [1.807, 2.05) is 11.4 Å². The molecule has 2 aromatic rings. The van der Waals surface area contributed by atoms with Crippen molar-refractivity contribution in [2.24, 2.45) is 0 Å². The van der Waals surface area contributed by atoms with E-state index in [-0.39, 0.29) is 0 Å². The van der Waals surface area contributed by atoms with Crippen molar-refractivity contribution in [3.05, 3.63) is 11.4 Å². The van der Waals surface area contributed by atoms with Crippen LogP contribution in [0.4, 0.5) is 10.6 Å². The topological polar surface area (TPSA) is 110 Å². The summed E-state index contributed by atoms with van der Waals surface area (Å²) in [6.45, 7) is 3.90. The Hall–Kier alpha value is -1.87. The van der Waals surface area contributed by atoms with Gasteiger partial charge in [0, 0.05) is 6.54 Å². The molecule has 0 fully saturated rings. The van der Waals surface area contributed by atoms with Crippen LogP contribution in [0.3, 0.4) is 0 Å². The van der Waals surface area contributed by atoms with E-state index in [0.29, 0.717) is 17.5 Å². The molecule has 4 N–H and O–H groups in total. The number of nitrogens with one attached hydrogen (secondary N) is 2. The number of amides is 3. The van der Waals surface area contributed by atoms with Crippen LogP contribution in [0.1, 0.15) is 13.8 Å². The van der Waals surface area contributed by atoms with Gasteiger partial charge in [0.2, 0.25) is 5.91 Å². The molecule has 0 aliphatic heterocycles. The molecule has 1 atom stereocenters. The summed E-state index contributed by atoms with van der Waals surface area (Å²) in [6.07, 6.45) is 0. The number of nitrogens with zero attached hydrogens (tertiary/aromatic N) is 2. The van der Waals surface area contributed by atoms with Crippen molar-refractivity contribution < 1.29 is 9.59 Å². The maximum absolute atomic E-state index is 11.9. The van der Waals surface area contributed by atoms with E-state index in [4.69, 9.17) is 5.73 Å². The van der Waals surface area contributed by atoms with E-state index < -0.39 is 17.2 Å². The van der Waals surface area contributed by atoms with Crippen molar-refractivity contribution >= 4 is 51.1 Å². The fourth-order valence-corrected chi connectivity index (χ4v) is 3.15. The Morgan fingerprint density at radius 2 is 2.24 bits per heavy atom. The van der Waals surface area contributed by atoms with Gasteiger partial charge < -0.3 is 11.1 Å². The number of thioether (sulfide) groups is 1. The molecule has 0 saturated heterocycles. The van der Waals surface area contributed by atoms with Gasteiger partial charge in [-0.25, -0.2) is 14.8 Å². The van der Waals surface area contributed by atoms with Crippen LogP contribution < -0.4 is 16.4 Å². The van der Waals surface area contributed by atoms with Crippen LogP contribution in [-0.4, -0.2) is 33.7 Å². The van der Waals surface area contributed by atoms with Crippen LogP contribution >= 0.6 is 23.1 Å². The smallest absolute Gasteiger partial charge is 0.321 e. The van der Waals surface area contributed by atoms with Crippen molar-refractivity contribution in [3.8, 4) is 0 Å². The van der Waals surface area contributed by atoms with Crippen LogP contribution in [0.2, 0.25) is 0 Å². The van der Waals surface area contributed by atoms with Gasteiger partial charge in [0.25, 0.3) is 0 Å². The van der Waals surface area contributed by atoms with Gasteiger partial charge in [-0.3, -0.25) is 10.1 Å². The molecule has 2 heterocycles. The number of imide groups is 1. The molecule has 0 bridgehead atoms. The van der Waals surface area contributed by atoms with E-state index >= 15 is 0 Å². The predicted octanol–water partition coefficient (Wildman–Crippen LogP) is 1.60. The Kier molecular flexibility index (Phi) is 4.97. The SMILES string of the molecule is CCNC(=O)NC(=O)C(C)Sc1nc(N)c2ccsc2n1. The standard InChI is InChI=1S/C12H15N5O2S2/c1-3-14-11(19)16-9(18)6(2)21-12-15-8(13)7-4-5-20-10(7)17-12/h4-6H,3H2,1-2H3,(H2,13,15,17)(H2,14,16,18,19). The number of rotatable bonds is 4. The lowest BCUT2D eigenvalue weighted by atomic mass is 10.4. The largest absolute Gasteiger partial charge is 0.383 e. The molecule has 1 unspecified atom stereocenters. The van der Waals surface area contributed by atoms with Crippen molar-refractivity contribution in [2.75, 3.05) is 12.3 Å². The molecule has 0 spiro atoms. The first-order valence-corrected chi connectivity index (χ1v) is 8.03. The van der Waals surface area contributed by atoms with E-state index in [0.717, 1.165) is 22.0 Å². The highest BCUT2D eigenvalue weighted by Crippen LogP contribution is 2.27. The number of nitrogen functional groups attached to an aromatic ring is 1. The van der Waals surface area contributed by atoms with E-state index in [9.17, 15) is 9.59 Å². The summed E-state index contributed by atoms with van der Waals surface area (Å²) in [4.78, 5) is 32.4. The first-order valence-electron chi connectivity index (χ1n) is 6.27. The van der Waals surface area contributed by atoms with Gasteiger partial charge in [0.05, 0.1) is 10.6 Å². The van der Waals surface area contributed by atoms with Crippen LogP contribution in [0, 0.1) is 0 Å². The lowest BCUT2D eigenvalue weighted by Crippen LogP contribution is -2.42. The molecule has 0 aliphatic rings. The molecule has 7 nitrogen and oxygen atoms in total. The van der Waals surface area contributed by atoms with Crippen LogP contribution in [0.15, 0.2) is 16.6 Å². The number of aromatic nitrogens is 2. The third-order valence-electron chi connectivity index (χ3n) is 2.56. The van der Waals surface area contributed by atoms with Crippen molar-refractivity contribution in [1.82, 2.24) is 20.6 Å². The van der Waals surface area contributed by atoms with Gasteiger partial charge in [0.15, 0.2) is 5.16 Å². The van der Waals surface area contributed by atoms with Gasteiger partial charge in [-0.05, 0) is 25.3 Å². The zero-order valence-corrected chi connectivity index (χ0v) is 13.2. The monoisotopic (exact) mass is 325 g/mol. The number of hydrogen-bond donors (Lipinski definition) is 3. The molecule has 21 heavy (non-hydrogen) atoms. The van der Waals surface area contributed by atoms with Crippen molar-refractivity contribution in [2.45, 2.75) is 24.3 Å². The van der Waals surface area contributed by atoms with Crippen LogP contribution in [0.5, 0.6) is 0 Å². The molecule has 0 aliphatic carbocycles. The summed E-state index contributed by atoms with van der Waals surface area (Å²) in [7, 11) is 0. The van der Waals surface area contributed by atoms with E-state index in [1.165, 1.54) is 11.3 Å². The normalized spacial score (nSPS) is 12.1. The number of hydrogen-bond acceptors (Lipinski definition) is 7. The van der Waals surface area contributed by atoms with Gasteiger partial charge in [-0.1, -0.05) is 11.8 Å². The molecular formula is C12H15N5O2S2. The minimum absolute atomic E-state index is 0.389. The number of carbonyl (C=O) groups is 2. The molecule has 0 saturated carbocycles. The zero-order chi connectivity index (χ0) is 15.4. The molecule has 3 amide bonds. The average Bonchev–Trinajstić information content (AvgIpc) is 2.87. The first kappa shape index (κ1) is 15.5. The Morgan fingerprint density at radius 1 is 1.48 bits per heavy atom. The highest BCUT2D eigenvalue weighted by Gasteiger charge is 2.19. The molecule has 9 heteroatoms. The third-order valence-corrected chi connectivity index (χ3v) is 4.33. The molecule has 112 valence electrons. The second-order valence-corrected chi connectivity index (χ2v) is 6.34. The maximum atomic E-state index is 11.9. The maximum Gasteiger partial charge on any atom is 0.321 e. The van der Waals surface area contributed by atoms with E-state index in [2.05, 4.69) is 20.6 Å². The molecular weight excluding hydrogens is 310 g/mol. The third kappa shape index (κ3) is 3.82. The summed E-state index contributed by atoms with van der Waals surface area (Å²) in [5.41, 5.74) is 5.85. The number of thiophene rings is 1. The van der Waals surface area contributed by atoms with Gasteiger partial charge in [0.1, 0.15) is 10.6 Å². The zero-order valence-electron chi connectivity index (χ0n) is 11.5. The summed E-state index contributed by atoms with van der Waals surface area (Å²) in [5.74, 6) is -0.0144. The molecule has 0 aromatic carbocycles. The van der Waals surface area contributed by atoms with Gasteiger partial charge >= 0.3 is 6.03 Å². The van der Waals surface area contributed by atoms with Gasteiger partial charge in [-0.15, -0.1) is 11.3 Å². The fraction of sp³-hybridized carbons (Fsp3) is 0.333. The van der Waals surface area contributed by atoms with Crippen molar-refractivity contribution in [1.29, 1.82) is 0 Å². The summed E-state index contributed by atoms with van der Waals surface area (Å²) in [6, 6.07) is 1.35. The Labute approximate surface area is 129 Å². The Morgan fingerprint density at radius 3 is 2.95 bits per heavy atom. The number of urea groups is 1. The minimum atomic E-state index is -0.510. The van der Waals surface area contributed by atoms with Crippen LogP contribution in [0.25, 0.3) is 10.2 Å². The quantitative estimate of drug-likeness (QED) is 0.582. The number of carbonyl (C=O) groups excluding carboxylic acids is 2. The van der Waals surface area contributed by atoms with E-state index in [1.54, 1.807) is 13.8 Å². The minimum Gasteiger partial charge on any atom is -0.383 e. The highest BCUT2D eigenvalue weighted by molar-refractivity contribution is 8.00. The Balaban J connectivity index is 2.05. The predicted molar refractivity (Wildman–Crippen MR) is 84.4 cm³/mol. The number of nitrogens with two attached hydrogens (primary N) is 1. The number of anilines is 1. The highest BCUT2D eigenvalue weighted by atomic mass is 32.2. The summed E-state index contributed by atoms with van der Waals surface area (Å²) < 4.78 is 0. The lowest BCUT2D eigenvalue weighted by molar-refractivity contribution is -0.119. The lowest BCUT2D eigenvalue weighted by Gasteiger charge is -2.10. The second kappa shape index (κ2) is 6.72. The fourth-order valence-electron chi connectivity index (χ4n) is 1.54. The summed E-state index contributed by atoms with van der Waals surface area (Å²) in [5, 5.41) is 7.35. The second-order valence-electron chi connectivity index (χ2n) is 4.14. The van der Waals surface area contributed by atoms with Crippen molar-refractivity contribution in [3.63, 3.8) is 0 Å². The van der Waals surface area contributed by atoms with Crippen LogP contribution in [-0.2, 0) is 4.79 Å². The molecule has 2 rings (SSSR count). The Bertz CT molecular complexity index is 673. The number of fused-ring (bicyclic) bond motifs is 1. The molecule has 2 aromatic heterocycles.